The smallest absolute Gasteiger partial charge is 0.336 e. The van der Waals surface area contributed by atoms with E-state index in [0.29, 0.717) is 30.1 Å². The highest BCUT2D eigenvalue weighted by molar-refractivity contribution is 5.88. The van der Waals surface area contributed by atoms with Crippen LogP contribution in [0.2, 0.25) is 0 Å². The van der Waals surface area contributed by atoms with E-state index in [1.165, 1.54) is 6.08 Å². The Balaban J connectivity index is 1.63. The molecule has 0 aliphatic heterocycles. The molecule has 0 heterocycles. The molecule has 2 aromatic rings. The van der Waals surface area contributed by atoms with Gasteiger partial charge in [-0.2, -0.15) is 5.26 Å². The molecular formula is C26H27NO5. The van der Waals surface area contributed by atoms with Crippen LogP contribution in [0.3, 0.4) is 0 Å². The van der Waals surface area contributed by atoms with E-state index in [9.17, 15) is 9.59 Å². The van der Waals surface area contributed by atoms with Gasteiger partial charge in [-0.15, -0.1) is 0 Å². The molecule has 0 spiro atoms. The fourth-order valence-electron chi connectivity index (χ4n) is 2.62. The molecule has 0 atom stereocenters. The molecule has 0 bridgehead atoms. The number of benzene rings is 2. The van der Waals surface area contributed by atoms with Crippen molar-refractivity contribution < 1.29 is 23.8 Å². The van der Waals surface area contributed by atoms with E-state index in [-0.39, 0.29) is 5.97 Å². The lowest BCUT2D eigenvalue weighted by Gasteiger charge is -2.07. The van der Waals surface area contributed by atoms with Gasteiger partial charge in [-0.1, -0.05) is 18.7 Å². The zero-order valence-electron chi connectivity index (χ0n) is 18.2. The van der Waals surface area contributed by atoms with Crippen molar-refractivity contribution in [2.75, 3.05) is 13.2 Å². The van der Waals surface area contributed by atoms with Crippen LogP contribution in [0.25, 0.3) is 6.08 Å². The van der Waals surface area contributed by atoms with Crippen molar-refractivity contribution in [3.05, 3.63) is 77.9 Å². The van der Waals surface area contributed by atoms with E-state index >= 15 is 0 Å². The first-order valence-electron chi connectivity index (χ1n) is 10.4. The first-order chi connectivity index (χ1) is 15.5. The molecule has 6 nitrogen and oxygen atoms in total. The molecule has 0 saturated heterocycles. The lowest BCUT2D eigenvalue weighted by atomic mass is 10.2. The highest BCUT2D eigenvalue weighted by Crippen LogP contribution is 2.15. The van der Waals surface area contributed by atoms with Gasteiger partial charge in [-0.3, -0.25) is 0 Å². The molecule has 0 aliphatic rings. The van der Waals surface area contributed by atoms with Gasteiger partial charge in [0.05, 0.1) is 24.8 Å². The minimum absolute atomic E-state index is 0.338. The lowest BCUT2D eigenvalue weighted by Crippen LogP contribution is -2.06. The van der Waals surface area contributed by atoms with Gasteiger partial charge in [-0.25, -0.2) is 9.59 Å². The Morgan fingerprint density at radius 1 is 0.938 bits per heavy atom. The van der Waals surface area contributed by atoms with Crippen LogP contribution >= 0.6 is 0 Å². The molecule has 0 aliphatic carbocycles. The van der Waals surface area contributed by atoms with Crippen LogP contribution in [0, 0.1) is 11.3 Å². The first-order valence-corrected chi connectivity index (χ1v) is 10.4. The summed E-state index contributed by atoms with van der Waals surface area (Å²) in [6.07, 6.45) is 6.71. The molecule has 0 fully saturated rings. The van der Waals surface area contributed by atoms with Crippen molar-refractivity contribution in [1.82, 2.24) is 0 Å². The third kappa shape index (κ3) is 9.31. The molecule has 0 amide bonds. The zero-order chi connectivity index (χ0) is 23.2. The van der Waals surface area contributed by atoms with Crippen LogP contribution in [0.4, 0.5) is 0 Å². The van der Waals surface area contributed by atoms with Crippen LogP contribution in [-0.4, -0.2) is 25.2 Å². The van der Waals surface area contributed by atoms with E-state index < -0.39 is 5.97 Å². The number of nitrogens with zero attached hydrogens (tertiary/aromatic N) is 1. The second-order valence-corrected chi connectivity index (χ2v) is 7.14. The van der Waals surface area contributed by atoms with Crippen molar-refractivity contribution in [3.8, 4) is 17.6 Å². The zero-order valence-corrected chi connectivity index (χ0v) is 18.2. The normalized spacial score (nSPS) is 10.4. The van der Waals surface area contributed by atoms with E-state index in [0.717, 1.165) is 37.0 Å². The number of unbranched alkanes of at least 4 members (excludes halogenated alkanes) is 3. The summed E-state index contributed by atoms with van der Waals surface area (Å²) in [6, 6.07) is 15.8. The van der Waals surface area contributed by atoms with E-state index in [4.69, 9.17) is 19.5 Å². The average Bonchev–Trinajstić information content (AvgIpc) is 2.80. The average molecular weight is 434 g/mol. The summed E-state index contributed by atoms with van der Waals surface area (Å²) in [5, 5.41) is 8.78. The second kappa shape index (κ2) is 13.5. The Kier molecular flexibility index (Phi) is 10.3. The standard InChI is InChI=1S/C26H27NO5/c1-20(2)26(29)31-18-6-4-3-5-17-30-23-12-7-21(8-13-23)11-16-25(28)32-24-14-9-22(19-27)10-15-24/h7-16H,1,3-6,17-18H2,2H3/b16-11+. The summed E-state index contributed by atoms with van der Waals surface area (Å²) >= 11 is 0. The molecule has 2 aromatic carbocycles. The van der Waals surface area contributed by atoms with Crippen LogP contribution in [-0.2, 0) is 14.3 Å². The predicted octanol–water partition coefficient (Wildman–Crippen LogP) is 5.24. The van der Waals surface area contributed by atoms with Gasteiger partial charge >= 0.3 is 11.9 Å². The van der Waals surface area contributed by atoms with Crippen molar-refractivity contribution in [1.29, 1.82) is 5.26 Å². The third-order valence-corrected chi connectivity index (χ3v) is 4.38. The Hall–Kier alpha value is -3.85. The van der Waals surface area contributed by atoms with Crippen LogP contribution < -0.4 is 9.47 Å². The quantitative estimate of drug-likeness (QED) is 0.197. The Bertz CT molecular complexity index is 969. The molecule has 2 rings (SSSR count). The maximum Gasteiger partial charge on any atom is 0.336 e. The summed E-state index contributed by atoms with van der Waals surface area (Å²) in [4.78, 5) is 23.2. The fraction of sp³-hybridized carbons (Fsp3) is 0.269. The largest absolute Gasteiger partial charge is 0.494 e. The minimum atomic E-state index is -0.496. The molecule has 32 heavy (non-hydrogen) atoms. The number of carbonyl (C=O) groups is 2. The summed E-state index contributed by atoms with van der Waals surface area (Å²) in [7, 11) is 0. The molecule has 0 aromatic heterocycles. The monoisotopic (exact) mass is 433 g/mol. The van der Waals surface area contributed by atoms with E-state index in [1.54, 1.807) is 37.3 Å². The van der Waals surface area contributed by atoms with Gasteiger partial charge < -0.3 is 14.2 Å². The third-order valence-electron chi connectivity index (χ3n) is 4.38. The van der Waals surface area contributed by atoms with Crippen molar-refractivity contribution in [2.24, 2.45) is 0 Å². The number of nitriles is 1. The highest BCUT2D eigenvalue weighted by atomic mass is 16.5. The van der Waals surface area contributed by atoms with Gasteiger partial charge in [0.1, 0.15) is 11.5 Å². The van der Waals surface area contributed by atoms with Gasteiger partial charge in [0.15, 0.2) is 0 Å². The predicted molar refractivity (Wildman–Crippen MR) is 122 cm³/mol. The molecule has 0 saturated carbocycles. The summed E-state index contributed by atoms with van der Waals surface area (Å²) in [6.45, 7) is 6.21. The minimum Gasteiger partial charge on any atom is -0.494 e. The van der Waals surface area contributed by atoms with Gasteiger partial charge in [0.2, 0.25) is 0 Å². The number of carbonyl (C=O) groups excluding carboxylic acids is 2. The maximum atomic E-state index is 11.9. The number of rotatable bonds is 12. The second-order valence-electron chi connectivity index (χ2n) is 7.14. The Morgan fingerprint density at radius 2 is 1.56 bits per heavy atom. The van der Waals surface area contributed by atoms with Crippen LogP contribution in [0.5, 0.6) is 11.5 Å². The number of esters is 2. The van der Waals surface area contributed by atoms with E-state index in [1.807, 2.05) is 30.3 Å². The Morgan fingerprint density at radius 3 is 2.19 bits per heavy atom. The van der Waals surface area contributed by atoms with Gasteiger partial charge in [0.25, 0.3) is 0 Å². The van der Waals surface area contributed by atoms with Gasteiger partial charge in [0, 0.05) is 11.6 Å². The van der Waals surface area contributed by atoms with Gasteiger partial charge in [-0.05, 0) is 80.6 Å². The van der Waals surface area contributed by atoms with E-state index in [2.05, 4.69) is 6.58 Å². The van der Waals surface area contributed by atoms with Crippen LogP contribution in [0.1, 0.15) is 43.7 Å². The molecular weight excluding hydrogens is 406 g/mol. The summed E-state index contributed by atoms with van der Waals surface area (Å²) in [5.74, 6) is 0.312. The highest BCUT2D eigenvalue weighted by Gasteiger charge is 2.03. The molecule has 0 radical (unpaired) electrons. The summed E-state index contributed by atoms with van der Waals surface area (Å²) < 4.78 is 16.0. The molecule has 166 valence electrons. The number of hydrogen-bond acceptors (Lipinski definition) is 6. The topological polar surface area (TPSA) is 85.6 Å². The lowest BCUT2D eigenvalue weighted by molar-refractivity contribution is -0.139. The number of hydrogen-bond donors (Lipinski definition) is 0. The first kappa shape index (κ1) is 24.4. The van der Waals surface area contributed by atoms with Crippen molar-refractivity contribution >= 4 is 18.0 Å². The Labute approximate surface area is 188 Å². The molecule has 6 heteroatoms. The van der Waals surface area contributed by atoms with Crippen molar-refractivity contribution in [2.45, 2.75) is 32.6 Å². The SMILES string of the molecule is C=C(C)C(=O)OCCCCCCOc1ccc(/C=C/C(=O)Oc2ccc(C#N)cc2)cc1. The molecule has 0 unspecified atom stereocenters. The maximum absolute atomic E-state index is 11.9. The fourth-order valence-corrected chi connectivity index (χ4v) is 2.62. The van der Waals surface area contributed by atoms with Crippen LogP contribution in [0.15, 0.2) is 66.8 Å². The summed E-state index contributed by atoms with van der Waals surface area (Å²) in [5.41, 5.74) is 1.77. The number of ether oxygens (including phenoxy) is 3. The molecule has 0 N–H and O–H groups in total. The van der Waals surface area contributed by atoms with Crippen molar-refractivity contribution in [3.63, 3.8) is 0 Å².